The number of rotatable bonds is 3. The maximum atomic E-state index is 11.8. The van der Waals surface area contributed by atoms with Crippen LogP contribution in [0.3, 0.4) is 0 Å². The second kappa shape index (κ2) is 4.82. The van der Waals surface area contributed by atoms with Crippen molar-refractivity contribution >= 4 is 24.0 Å². The van der Waals surface area contributed by atoms with Crippen molar-refractivity contribution in [1.82, 2.24) is 10.6 Å². The molecule has 0 bridgehead atoms. The largest absolute Gasteiger partial charge is 0.387 e. The van der Waals surface area contributed by atoms with Crippen molar-refractivity contribution in [2.45, 2.75) is 31.3 Å². The van der Waals surface area contributed by atoms with Crippen LogP contribution in [0.15, 0.2) is 5.16 Å². The fourth-order valence-electron chi connectivity index (χ4n) is 2.25. The lowest BCUT2D eigenvalue weighted by Crippen LogP contribution is -2.36. The average molecular weight is 260 g/mol. The molecular formula is C11H18ClN3O2. The maximum absolute atomic E-state index is 11.8. The van der Waals surface area contributed by atoms with Crippen LogP contribution in [0, 0.1) is 5.92 Å². The third-order valence-corrected chi connectivity index (χ3v) is 3.55. The number of oxime groups is 1. The number of amides is 1. The van der Waals surface area contributed by atoms with E-state index in [0.717, 1.165) is 26.1 Å². The summed E-state index contributed by atoms with van der Waals surface area (Å²) in [6, 6.07) is 0. The van der Waals surface area contributed by atoms with Crippen molar-refractivity contribution < 1.29 is 9.63 Å². The SMILES string of the molecule is Cl.O=C(NCC1CC1)C1=NOC2(CCNC2)C1. The Labute approximate surface area is 107 Å². The zero-order valence-electron chi connectivity index (χ0n) is 9.70. The average Bonchev–Trinajstić information content (AvgIpc) is 2.86. The predicted molar refractivity (Wildman–Crippen MR) is 66.3 cm³/mol. The molecule has 1 atom stereocenters. The van der Waals surface area contributed by atoms with Crippen LogP contribution < -0.4 is 10.6 Å². The van der Waals surface area contributed by atoms with E-state index < -0.39 is 0 Å². The van der Waals surface area contributed by atoms with Crippen LogP contribution >= 0.6 is 12.4 Å². The van der Waals surface area contributed by atoms with E-state index in [-0.39, 0.29) is 23.9 Å². The first-order valence-corrected chi connectivity index (χ1v) is 6.01. The number of hydrogen-bond acceptors (Lipinski definition) is 4. The molecule has 1 saturated carbocycles. The minimum atomic E-state index is -0.230. The summed E-state index contributed by atoms with van der Waals surface area (Å²) in [4.78, 5) is 17.2. The highest BCUT2D eigenvalue weighted by atomic mass is 35.5. The van der Waals surface area contributed by atoms with Crippen molar-refractivity contribution in [3.05, 3.63) is 0 Å². The Balaban J connectivity index is 0.00000108. The normalized spacial score (nSPS) is 30.7. The van der Waals surface area contributed by atoms with Crippen molar-refractivity contribution in [2.75, 3.05) is 19.6 Å². The molecule has 1 amide bonds. The van der Waals surface area contributed by atoms with E-state index in [1.807, 2.05) is 0 Å². The monoisotopic (exact) mass is 259 g/mol. The molecule has 1 unspecified atom stereocenters. The second-order valence-electron chi connectivity index (χ2n) is 5.07. The van der Waals surface area contributed by atoms with Gasteiger partial charge in [0.1, 0.15) is 5.71 Å². The van der Waals surface area contributed by atoms with E-state index in [1.165, 1.54) is 12.8 Å². The lowest BCUT2D eigenvalue weighted by molar-refractivity contribution is -0.115. The molecule has 0 aromatic carbocycles. The molecule has 3 aliphatic rings. The van der Waals surface area contributed by atoms with Gasteiger partial charge in [-0.2, -0.15) is 0 Å². The number of carbonyl (C=O) groups is 1. The van der Waals surface area contributed by atoms with Gasteiger partial charge in [0.25, 0.3) is 5.91 Å². The van der Waals surface area contributed by atoms with E-state index in [9.17, 15) is 4.79 Å². The number of nitrogens with one attached hydrogen (secondary N) is 2. The molecule has 0 radical (unpaired) electrons. The van der Waals surface area contributed by atoms with Crippen LogP contribution in [0.1, 0.15) is 25.7 Å². The van der Waals surface area contributed by atoms with Gasteiger partial charge in [0.2, 0.25) is 0 Å². The van der Waals surface area contributed by atoms with Gasteiger partial charge in [-0.1, -0.05) is 5.16 Å². The number of halogens is 1. The Hall–Kier alpha value is -0.810. The smallest absolute Gasteiger partial charge is 0.269 e. The van der Waals surface area contributed by atoms with Gasteiger partial charge in [-0.15, -0.1) is 12.4 Å². The quantitative estimate of drug-likeness (QED) is 0.773. The van der Waals surface area contributed by atoms with Gasteiger partial charge in [0.05, 0.1) is 0 Å². The molecule has 1 spiro atoms. The zero-order chi connectivity index (χ0) is 11.0. The van der Waals surface area contributed by atoms with Crippen molar-refractivity contribution in [1.29, 1.82) is 0 Å². The van der Waals surface area contributed by atoms with Crippen LogP contribution in [-0.4, -0.2) is 36.9 Å². The fourth-order valence-corrected chi connectivity index (χ4v) is 2.25. The molecule has 2 aliphatic heterocycles. The highest BCUT2D eigenvalue weighted by molar-refractivity contribution is 6.39. The summed E-state index contributed by atoms with van der Waals surface area (Å²) in [6.07, 6.45) is 4.08. The fraction of sp³-hybridized carbons (Fsp3) is 0.818. The Kier molecular flexibility index (Phi) is 3.58. The van der Waals surface area contributed by atoms with Gasteiger partial charge in [0.15, 0.2) is 5.60 Å². The molecule has 0 aromatic rings. The third-order valence-electron chi connectivity index (χ3n) is 3.55. The molecule has 17 heavy (non-hydrogen) atoms. The molecule has 0 aromatic heterocycles. The molecule has 1 saturated heterocycles. The minimum Gasteiger partial charge on any atom is -0.387 e. The van der Waals surface area contributed by atoms with Gasteiger partial charge in [-0.05, 0) is 25.3 Å². The highest BCUT2D eigenvalue weighted by Crippen LogP contribution is 2.30. The number of nitrogens with zero attached hydrogens (tertiary/aromatic N) is 1. The first-order valence-electron chi connectivity index (χ1n) is 6.01. The maximum Gasteiger partial charge on any atom is 0.269 e. The molecule has 2 heterocycles. The first kappa shape index (κ1) is 12.6. The summed E-state index contributed by atoms with van der Waals surface area (Å²) in [5.41, 5.74) is 0.330. The van der Waals surface area contributed by atoms with E-state index in [2.05, 4.69) is 15.8 Å². The van der Waals surface area contributed by atoms with Crippen molar-refractivity contribution in [3.63, 3.8) is 0 Å². The van der Waals surface area contributed by atoms with Crippen LogP contribution in [0.5, 0.6) is 0 Å². The summed E-state index contributed by atoms with van der Waals surface area (Å²) in [7, 11) is 0. The number of carbonyl (C=O) groups excluding carboxylic acids is 1. The van der Waals surface area contributed by atoms with Gasteiger partial charge >= 0.3 is 0 Å². The van der Waals surface area contributed by atoms with Crippen LogP contribution in [0.4, 0.5) is 0 Å². The summed E-state index contributed by atoms with van der Waals surface area (Å²) < 4.78 is 0. The molecule has 96 valence electrons. The van der Waals surface area contributed by atoms with Gasteiger partial charge in [0, 0.05) is 25.9 Å². The third kappa shape index (κ3) is 2.72. The summed E-state index contributed by atoms with van der Waals surface area (Å²) >= 11 is 0. The summed E-state index contributed by atoms with van der Waals surface area (Å²) in [6.45, 7) is 2.55. The topological polar surface area (TPSA) is 62.7 Å². The molecule has 2 N–H and O–H groups in total. The van der Waals surface area contributed by atoms with Crippen molar-refractivity contribution in [3.8, 4) is 0 Å². The van der Waals surface area contributed by atoms with E-state index in [4.69, 9.17) is 4.84 Å². The standard InChI is InChI=1S/C11H17N3O2.ClH/c15-10(13-6-8-1-2-8)9-5-11(16-14-9)3-4-12-7-11;/h8,12H,1-7H2,(H,13,15);1H. The molecule has 1 aliphatic carbocycles. The molecular weight excluding hydrogens is 242 g/mol. The first-order chi connectivity index (χ1) is 7.77. The second-order valence-corrected chi connectivity index (χ2v) is 5.07. The molecule has 6 heteroatoms. The predicted octanol–water partition coefficient (Wildman–Crippen LogP) is 0.443. The highest BCUT2D eigenvalue weighted by Gasteiger charge is 2.43. The van der Waals surface area contributed by atoms with Crippen LogP contribution in [-0.2, 0) is 9.63 Å². The Morgan fingerprint density at radius 2 is 2.41 bits per heavy atom. The van der Waals surface area contributed by atoms with Gasteiger partial charge < -0.3 is 15.5 Å². The number of hydrogen-bond donors (Lipinski definition) is 2. The van der Waals surface area contributed by atoms with Crippen LogP contribution in [0.2, 0.25) is 0 Å². The Morgan fingerprint density at radius 1 is 1.59 bits per heavy atom. The van der Waals surface area contributed by atoms with E-state index in [0.29, 0.717) is 18.1 Å². The molecule has 5 nitrogen and oxygen atoms in total. The Bertz CT molecular complexity index is 336. The van der Waals surface area contributed by atoms with Gasteiger partial charge in [-0.3, -0.25) is 4.79 Å². The Morgan fingerprint density at radius 3 is 3.06 bits per heavy atom. The minimum absolute atomic E-state index is 0. The zero-order valence-corrected chi connectivity index (χ0v) is 10.5. The lowest BCUT2D eigenvalue weighted by atomic mass is 9.96. The van der Waals surface area contributed by atoms with Crippen molar-refractivity contribution in [2.24, 2.45) is 11.1 Å². The molecule has 2 fully saturated rings. The van der Waals surface area contributed by atoms with E-state index >= 15 is 0 Å². The molecule has 3 rings (SSSR count). The van der Waals surface area contributed by atoms with Crippen LogP contribution in [0.25, 0.3) is 0 Å². The van der Waals surface area contributed by atoms with Gasteiger partial charge in [-0.25, -0.2) is 0 Å². The van der Waals surface area contributed by atoms with E-state index in [1.54, 1.807) is 0 Å². The summed E-state index contributed by atoms with van der Waals surface area (Å²) in [5.74, 6) is 0.657. The lowest BCUT2D eigenvalue weighted by Gasteiger charge is -2.18. The summed E-state index contributed by atoms with van der Waals surface area (Å²) in [5, 5.41) is 10.1.